The molecule has 3 N–H and O–H groups in total. The summed E-state index contributed by atoms with van der Waals surface area (Å²) in [5.74, 6) is 1.98. The lowest BCUT2D eigenvalue weighted by molar-refractivity contribution is -0.155. The number of hydrogen-bond donors (Lipinski definition) is 2. The Labute approximate surface area is 123 Å². The molecule has 114 valence electrons. The molecule has 3 nitrogen and oxygen atoms in total. The van der Waals surface area contributed by atoms with Gasteiger partial charge >= 0.3 is 0 Å². The zero-order chi connectivity index (χ0) is 14.4. The molecule has 3 atom stereocenters. The van der Waals surface area contributed by atoms with Crippen molar-refractivity contribution in [1.82, 2.24) is 5.32 Å². The summed E-state index contributed by atoms with van der Waals surface area (Å²) in [6.45, 7) is 5.25. The molecule has 4 rings (SSSR count). The molecule has 0 aliphatic heterocycles. The van der Waals surface area contributed by atoms with Gasteiger partial charge in [0.15, 0.2) is 0 Å². The van der Waals surface area contributed by atoms with Crippen molar-refractivity contribution in [2.24, 2.45) is 28.4 Å². The van der Waals surface area contributed by atoms with Gasteiger partial charge in [0.1, 0.15) is 0 Å². The Balaban J connectivity index is 1.60. The summed E-state index contributed by atoms with van der Waals surface area (Å²) in [5.41, 5.74) is 6.19. The third kappa shape index (κ3) is 2.61. The molecule has 4 aliphatic rings. The molecule has 0 aromatic heterocycles. The number of amides is 1. The fourth-order valence-corrected chi connectivity index (χ4v) is 5.80. The van der Waals surface area contributed by atoms with E-state index in [9.17, 15) is 4.79 Å². The van der Waals surface area contributed by atoms with Crippen LogP contribution in [0.3, 0.4) is 0 Å². The van der Waals surface area contributed by atoms with Gasteiger partial charge in [0.25, 0.3) is 0 Å². The summed E-state index contributed by atoms with van der Waals surface area (Å²) in [6, 6.07) is 0.241. The second-order valence-corrected chi connectivity index (χ2v) is 8.43. The molecule has 4 aliphatic carbocycles. The number of nitrogens with one attached hydrogen (secondary N) is 1. The number of carbonyl (C=O) groups is 1. The maximum absolute atomic E-state index is 12.7. The van der Waals surface area contributed by atoms with E-state index in [0.717, 1.165) is 50.5 Å². The van der Waals surface area contributed by atoms with Crippen molar-refractivity contribution >= 4 is 5.91 Å². The third-order valence-corrected chi connectivity index (χ3v) is 5.96. The predicted octanol–water partition coefficient (Wildman–Crippen LogP) is 2.84. The number of carbonyl (C=O) groups excluding carboxylic acids is 1. The smallest absolute Gasteiger partial charge is 0.226 e. The quantitative estimate of drug-likeness (QED) is 0.760. The SMILES string of the molecule is CC(N)CCCNC(=O)C12CC3CC(CC(C)(C3)C1)C2. The van der Waals surface area contributed by atoms with Crippen LogP contribution in [-0.2, 0) is 4.79 Å². The fraction of sp³-hybridized carbons (Fsp3) is 0.941. The van der Waals surface area contributed by atoms with Crippen molar-refractivity contribution in [3.05, 3.63) is 0 Å². The largest absolute Gasteiger partial charge is 0.356 e. The highest BCUT2D eigenvalue weighted by Gasteiger charge is 2.58. The summed E-state index contributed by atoms with van der Waals surface area (Å²) in [4.78, 5) is 12.7. The van der Waals surface area contributed by atoms with Crippen LogP contribution in [0.1, 0.15) is 65.2 Å². The van der Waals surface area contributed by atoms with Crippen molar-refractivity contribution in [1.29, 1.82) is 0 Å². The zero-order valence-electron chi connectivity index (χ0n) is 13.1. The normalized spacial score (nSPS) is 43.5. The number of hydrogen-bond acceptors (Lipinski definition) is 2. The second kappa shape index (κ2) is 5.01. The molecule has 4 saturated carbocycles. The minimum absolute atomic E-state index is 0.0207. The van der Waals surface area contributed by atoms with Gasteiger partial charge in [-0.1, -0.05) is 6.92 Å². The molecular weight excluding hydrogens is 248 g/mol. The van der Waals surface area contributed by atoms with E-state index < -0.39 is 0 Å². The van der Waals surface area contributed by atoms with E-state index in [4.69, 9.17) is 5.73 Å². The maximum Gasteiger partial charge on any atom is 0.226 e. The van der Waals surface area contributed by atoms with E-state index in [1.807, 2.05) is 6.92 Å². The summed E-state index contributed by atoms with van der Waals surface area (Å²) in [5, 5.41) is 3.22. The van der Waals surface area contributed by atoms with E-state index in [0.29, 0.717) is 11.3 Å². The summed E-state index contributed by atoms with van der Waals surface area (Å²) < 4.78 is 0. The molecule has 20 heavy (non-hydrogen) atoms. The highest BCUT2D eigenvalue weighted by atomic mass is 16.2. The Morgan fingerprint density at radius 2 is 1.95 bits per heavy atom. The lowest BCUT2D eigenvalue weighted by atomic mass is 9.44. The van der Waals surface area contributed by atoms with Crippen LogP contribution >= 0.6 is 0 Å². The Hall–Kier alpha value is -0.570. The van der Waals surface area contributed by atoms with Crippen molar-refractivity contribution in [2.45, 2.75) is 71.3 Å². The Morgan fingerprint density at radius 1 is 1.30 bits per heavy atom. The minimum atomic E-state index is -0.0207. The van der Waals surface area contributed by atoms with Crippen molar-refractivity contribution < 1.29 is 4.79 Å². The first-order chi connectivity index (χ1) is 9.41. The zero-order valence-corrected chi connectivity index (χ0v) is 13.1. The van der Waals surface area contributed by atoms with Gasteiger partial charge in [-0.2, -0.15) is 0 Å². The second-order valence-electron chi connectivity index (χ2n) is 8.43. The molecular formula is C17H30N2O. The van der Waals surface area contributed by atoms with Gasteiger partial charge in [0, 0.05) is 12.6 Å². The third-order valence-electron chi connectivity index (χ3n) is 5.96. The minimum Gasteiger partial charge on any atom is -0.356 e. The van der Waals surface area contributed by atoms with Crippen LogP contribution in [0, 0.1) is 22.7 Å². The Morgan fingerprint density at radius 3 is 2.50 bits per heavy atom. The average molecular weight is 278 g/mol. The first-order valence-electron chi connectivity index (χ1n) is 8.45. The van der Waals surface area contributed by atoms with Crippen molar-refractivity contribution in [3.63, 3.8) is 0 Å². The van der Waals surface area contributed by atoms with Gasteiger partial charge < -0.3 is 11.1 Å². The van der Waals surface area contributed by atoms with Crippen LogP contribution in [0.4, 0.5) is 0 Å². The monoisotopic (exact) mass is 278 g/mol. The highest BCUT2D eigenvalue weighted by molar-refractivity contribution is 5.83. The first-order valence-corrected chi connectivity index (χ1v) is 8.45. The van der Waals surface area contributed by atoms with Crippen LogP contribution in [0.25, 0.3) is 0 Å². The lowest BCUT2D eigenvalue weighted by Crippen LogP contribution is -2.56. The molecule has 4 fully saturated rings. The standard InChI is InChI=1S/C17H30N2O/c1-12(18)4-3-5-19-15(20)17-9-13-6-14(10-17)8-16(2,7-13)11-17/h12-14H,3-11,18H2,1-2H3,(H,19,20). The van der Waals surface area contributed by atoms with E-state index >= 15 is 0 Å². The van der Waals surface area contributed by atoms with E-state index in [1.54, 1.807) is 0 Å². The van der Waals surface area contributed by atoms with Crippen LogP contribution in [0.15, 0.2) is 0 Å². The molecule has 0 aromatic carbocycles. The van der Waals surface area contributed by atoms with Crippen LogP contribution in [-0.4, -0.2) is 18.5 Å². The van der Waals surface area contributed by atoms with Crippen LogP contribution < -0.4 is 11.1 Å². The molecule has 0 saturated heterocycles. The van der Waals surface area contributed by atoms with E-state index in [2.05, 4.69) is 12.2 Å². The molecule has 0 heterocycles. The molecule has 0 radical (unpaired) electrons. The van der Waals surface area contributed by atoms with Crippen molar-refractivity contribution in [3.8, 4) is 0 Å². The number of nitrogens with two attached hydrogens (primary N) is 1. The van der Waals surface area contributed by atoms with Gasteiger partial charge in [-0.15, -0.1) is 0 Å². The first kappa shape index (κ1) is 14.4. The summed E-state index contributed by atoms with van der Waals surface area (Å²) in [7, 11) is 0. The van der Waals surface area contributed by atoms with Gasteiger partial charge in [-0.25, -0.2) is 0 Å². The van der Waals surface area contributed by atoms with Crippen LogP contribution in [0.2, 0.25) is 0 Å². The highest BCUT2D eigenvalue weighted by Crippen LogP contribution is 2.65. The van der Waals surface area contributed by atoms with Gasteiger partial charge in [-0.3, -0.25) is 4.79 Å². The Kier molecular flexibility index (Phi) is 3.60. The summed E-state index contributed by atoms with van der Waals surface area (Å²) in [6.07, 6.45) is 9.55. The molecule has 0 aromatic rings. The molecule has 3 heteroatoms. The topological polar surface area (TPSA) is 55.1 Å². The van der Waals surface area contributed by atoms with E-state index in [1.165, 1.54) is 19.3 Å². The van der Waals surface area contributed by atoms with Crippen molar-refractivity contribution in [2.75, 3.05) is 6.54 Å². The van der Waals surface area contributed by atoms with Gasteiger partial charge in [0.05, 0.1) is 5.41 Å². The van der Waals surface area contributed by atoms with Gasteiger partial charge in [-0.05, 0) is 75.5 Å². The van der Waals surface area contributed by atoms with E-state index in [-0.39, 0.29) is 11.5 Å². The summed E-state index contributed by atoms with van der Waals surface area (Å²) >= 11 is 0. The molecule has 0 spiro atoms. The number of rotatable bonds is 5. The molecule has 1 amide bonds. The average Bonchev–Trinajstić information content (AvgIpc) is 2.31. The van der Waals surface area contributed by atoms with Gasteiger partial charge in [0.2, 0.25) is 5.91 Å². The fourth-order valence-electron chi connectivity index (χ4n) is 5.80. The maximum atomic E-state index is 12.7. The predicted molar refractivity (Wildman–Crippen MR) is 81.1 cm³/mol. The molecule has 3 unspecified atom stereocenters. The molecule has 4 bridgehead atoms. The Bertz CT molecular complexity index is 376. The lowest BCUT2D eigenvalue weighted by Gasteiger charge is -2.60. The van der Waals surface area contributed by atoms with Crippen LogP contribution in [0.5, 0.6) is 0 Å².